The zero-order chi connectivity index (χ0) is 7.40. The maximum Gasteiger partial charge on any atom is 0.132 e. The third-order valence-corrected chi connectivity index (χ3v) is 1.25. The summed E-state index contributed by atoms with van der Waals surface area (Å²) < 4.78 is 0. The topological polar surface area (TPSA) is 25.8 Å². The van der Waals surface area contributed by atoms with Gasteiger partial charge in [0.1, 0.15) is 5.82 Å². The molecule has 0 fully saturated rings. The number of nitrogens with zero attached hydrogens (tertiary/aromatic N) is 2. The lowest BCUT2D eigenvalue weighted by atomic mass is 10.4. The Balaban J connectivity index is 2.78. The Labute approximate surface area is 65.4 Å². The lowest BCUT2D eigenvalue weighted by Gasteiger charge is -1.92. The van der Waals surface area contributed by atoms with Crippen LogP contribution in [0.1, 0.15) is 5.82 Å². The normalized spacial score (nSPS) is 9.30. The zero-order valence-corrected chi connectivity index (χ0v) is 6.38. The second-order valence-corrected chi connectivity index (χ2v) is 2.37. The summed E-state index contributed by atoms with van der Waals surface area (Å²) in [6.07, 6.45) is 5.84. The minimum atomic E-state index is 0.716. The van der Waals surface area contributed by atoms with E-state index in [0.717, 1.165) is 10.7 Å². The molecule has 0 radical (unpaired) electrons. The molecule has 3 heteroatoms. The van der Waals surface area contributed by atoms with Gasteiger partial charge in [0, 0.05) is 23.7 Å². The molecule has 0 atom stereocenters. The first kappa shape index (κ1) is 7.28. The van der Waals surface area contributed by atoms with Gasteiger partial charge in [-0.2, -0.15) is 0 Å². The monoisotopic (exact) mass is 152 g/mol. The van der Waals surface area contributed by atoms with Crippen molar-refractivity contribution in [3.8, 4) is 0 Å². The Morgan fingerprint density at radius 1 is 1.50 bits per heavy atom. The van der Waals surface area contributed by atoms with E-state index in [2.05, 4.69) is 29.2 Å². The summed E-state index contributed by atoms with van der Waals surface area (Å²) in [5.41, 5.74) is 0. The van der Waals surface area contributed by atoms with Gasteiger partial charge in [0.2, 0.25) is 0 Å². The van der Waals surface area contributed by atoms with Crippen molar-refractivity contribution in [1.29, 1.82) is 0 Å². The average molecular weight is 152 g/mol. The quantitative estimate of drug-likeness (QED) is 0.513. The molecule has 0 N–H and O–H groups in total. The Morgan fingerprint density at radius 3 is 2.60 bits per heavy atom. The molecule has 1 aromatic heterocycles. The summed E-state index contributed by atoms with van der Waals surface area (Å²) in [5, 5.41) is 0. The molecule has 0 saturated heterocycles. The zero-order valence-electron chi connectivity index (χ0n) is 5.49. The molecule has 0 aromatic carbocycles. The van der Waals surface area contributed by atoms with Crippen LogP contribution in [-0.2, 0) is 6.42 Å². The summed E-state index contributed by atoms with van der Waals surface area (Å²) in [4.78, 5) is 8.80. The van der Waals surface area contributed by atoms with Crippen molar-refractivity contribution >= 4 is 12.6 Å². The first-order valence-electron chi connectivity index (χ1n) is 2.93. The number of rotatable bonds is 2. The second-order valence-electron chi connectivity index (χ2n) is 1.85. The maximum absolute atomic E-state index is 4.05. The van der Waals surface area contributed by atoms with E-state index in [-0.39, 0.29) is 0 Å². The highest BCUT2D eigenvalue weighted by Gasteiger charge is 1.90. The summed E-state index contributed by atoms with van der Waals surface area (Å²) >= 11 is 4.05. The molecule has 2 nitrogen and oxygen atoms in total. The molecule has 0 unspecified atom stereocenters. The second kappa shape index (κ2) is 3.37. The molecule has 0 aliphatic heterocycles. The first-order chi connectivity index (χ1) is 4.83. The van der Waals surface area contributed by atoms with Gasteiger partial charge in [0.15, 0.2) is 0 Å². The van der Waals surface area contributed by atoms with Crippen LogP contribution in [0.2, 0.25) is 0 Å². The molecule has 1 heterocycles. The standard InChI is InChI=1S/C7H8N2S/c1-2-3-7-8-4-6(10)5-9-7/h2,4-5,10H,1,3H2. The van der Waals surface area contributed by atoms with E-state index in [1.54, 1.807) is 18.5 Å². The van der Waals surface area contributed by atoms with Crippen LogP contribution in [0.15, 0.2) is 29.9 Å². The van der Waals surface area contributed by atoms with Gasteiger partial charge < -0.3 is 0 Å². The van der Waals surface area contributed by atoms with Crippen molar-refractivity contribution < 1.29 is 0 Å². The number of allylic oxidation sites excluding steroid dienone is 1. The van der Waals surface area contributed by atoms with Crippen molar-refractivity contribution in [3.63, 3.8) is 0 Å². The van der Waals surface area contributed by atoms with Crippen LogP contribution in [0.25, 0.3) is 0 Å². The minimum absolute atomic E-state index is 0.716. The van der Waals surface area contributed by atoms with Crippen molar-refractivity contribution in [2.75, 3.05) is 0 Å². The van der Waals surface area contributed by atoms with Gasteiger partial charge >= 0.3 is 0 Å². The lowest BCUT2D eigenvalue weighted by Crippen LogP contribution is -1.90. The molecule has 0 amide bonds. The highest BCUT2D eigenvalue weighted by atomic mass is 32.1. The number of hydrogen-bond donors (Lipinski definition) is 1. The van der Waals surface area contributed by atoms with E-state index >= 15 is 0 Å². The largest absolute Gasteiger partial charge is 0.240 e. The van der Waals surface area contributed by atoms with Gasteiger partial charge in [-0.05, 0) is 0 Å². The van der Waals surface area contributed by atoms with E-state index in [0.29, 0.717) is 6.42 Å². The fraction of sp³-hybridized carbons (Fsp3) is 0.143. The highest BCUT2D eigenvalue weighted by molar-refractivity contribution is 7.80. The average Bonchev–Trinajstić information content (AvgIpc) is 1.95. The molecule has 10 heavy (non-hydrogen) atoms. The Hall–Kier alpha value is -0.830. The van der Waals surface area contributed by atoms with Crippen LogP contribution < -0.4 is 0 Å². The summed E-state index contributed by atoms with van der Waals surface area (Å²) in [5.74, 6) is 0.785. The van der Waals surface area contributed by atoms with Gasteiger partial charge in [-0.1, -0.05) is 6.08 Å². The van der Waals surface area contributed by atoms with Crippen molar-refractivity contribution in [2.24, 2.45) is 0 Å². The van der Waals surface area contributed by atoms with Gasteiger partial charge in [0.25, 0.3) is 0 Å². The van der Waals surface area contributed by atoms with E-state index in [1.165, 1.54) is 0 Å². The Bertz CT molecular complexity index is 218. The van der Waals surface area contributed by atoms with Crippen LogP contribution in [0, 0.1) is 0 Å². The smallest absolute Gasteiger partial charge is 0.132 e. The summed E-state index contributed by atoms with van der Waals surface area (Å²) in [6, 6.07) is 0. The van der Waals surface area contributed by atoms with Crippen LogP contribution in [0.5, 0.6) is 0 Å². The Kier molecular flexibility index (Phi) is 2.45. The van der Waals surface area contributed by atoms with Gasteiger partial charge in [-0.25, -0.2) is 9.97 Å². The molecule has 0 spiro atoms. The maximum atomic E-state index is 4.05. The third kappa shape index (κ3) is 1.84. The van der Waals surface area contributed by atoms with Crippen LogP contribution >= 0.6 is 12.6 Å². The van der Waals surface area contributed by atoms with Gasteiger partial charge in [-0.15, -0.1) is 19.2 Å². The van der Waals surface area contributed by atoms with E-state index in [4.69, 9.17) is 0 Å². The van der Waals surface area contributed by atoms with Crippen molar-refractivity contribution in [3.05, 3.63) is 30.9 Å². The molecule has 1 aromatic rings. The molecule has 0 bridgehead atoms. The highest BCUT2D eigenvalue weighted by Crippen LogP contribution is 2.00. The van der Waals surface area contributed by atoms with Crippen LogP contribution in [0.4, 0.5) is 0 Å². The number of hydrogen-bond acceptors (Lipinski definition) is 3. The van der Waals surface area contributed by atoms with Crippen LogP contribution in [-0.4, -0.2) is 9.97 Å². The molecule has 52 valence electrons. The van der Waals surface area contributed by atoms with Gasteiger partial charge in [0.05, 0.1) is 0 Å². The van der Waals surface area contributed by atoms with E-state index in [1.807, 2.05) is 0 Å². The third-order valence-electron chi connectivity index (χ3n) is 1.02. The summed E-state index contributed by atoms with van der Waals surface area (Å²) in [7, 11) is 0. The van der Waals surface area contributed by atoms with E-state index in [9.17, 15) is 0 Å². The minimum Gasteiger partial charge on any atom is -0.240 e. The van der Waals surface area contributed by atoms with Crippen molar-refractivity contribution in [2.45, 2.75) is 11.3 Å². The molecule has 1 rings (SSSR count). The van der Waals surface area contributed by atoms with Crippen LogP contribution in [0.3, 0.4) is 0 Å². The molecule has 0 aliphatic rings. The summed E-state index contributed by atoms with van der Waals surface area (Å²) in [6.45, 7) is 3.58. The molecule has 0 saturated carbocycles. The number of aromatic nitrogens is 2. The molecule has 0 aliphatic carbocycles. The van der Waals surface area contributed by atoms with Gasteiger partial charge in [-0.3, -0.25) is 0 Å². The first-order valence-corrected chi connectivity index (χ1v) is 3.38. The SMILES string of the molecule is C=CCc1ncc(S)cn1. The molecular formula is C7H8N2S. The van der Waals surface area contributed by atoms with Crippen molar-refractivity contribution in [1.82, 2.24) is 9.97 Å². The van der Waals surface area contributed by atoms with E-state index < -0.39 is 0 Å². The predicted octanol–water partition coefficient (Wildman–Crippen LogP) is 1.49. The lowest BCUT2D eigenvalue weighted by molar-refractivity contribution is 0.960. The Morgan fingerprint density at radius 2 is 2.10 bits per heavy atom. The predicted molar refractivity (Wildman–Crippen MR) is 43.2 cm³/mol. The number of thiol groups is 1. The fourth-order valence-electron chi connectivity index (χ4n) is 0.582. The fourth-order valence-corrected chi connectivity index (χ4v) is 0.698. The molecular weight excluding hydrogens is 144 g/mol.